The first-order valence-corrected chi connectivity index (χ1v) is 10.4. The van der Waals surface area contributed by atoms with Crippen molar-refractivity contribution in [1.82, 2.24) is 10.2 Å². The highest BCUT2D eigenvalue weighted by atomic mass is 32.2. The van der Waals surface area contributed by atoms with Crippen molar-refractivity contribution < 1.29 is 22.4 Å². The number of nitrogens with one attached hydrogen (secondary N) is 1. The molecule has 2 heterocycles. The van der Waals surface area contributed by atoms with Crippen LogP contribution in [-0.2, 0) is 19.4 Å². The van der Waals surface area contributed by atoms with E-state index in [2.05, 4.69) is 10.2 Å². The molecule has 0 bridgehead atoms. The lowest BCUT2D eigenvalue weighted by Gasteiger charge is -2.36. The first kappa shape index (κ1) is 18.6. The zero-order valence-corrected chi connectivity index (χ0v) is 15.2. The summed E-state index contributed by atoms with van der Waals surface area (Å²) in [6.45, 7) is 2.20. The molecule has 26 heavy (non-hydrogen) atoms. The molecule has 0 spiro atoms. The monoisotopic (exact) mass is 383 g/mol. The number of benzene rings is 1. The number of piperazine rings is 1. The topological polar surface area (TPSA) is 86.8 Å². The van der Waals surface area contributed by atoms with Gasteiger partial charge in [-0.1, -0.05) is 0 Å². The van der Waals surface area contributed by atoms with E-state index < -0.39 is 21.8 Å². The summed E-state index contributed by atoms with van der Waals surface area (Å²) in [5.74, 6) is -0.954. The highest BCUT2D eigenvalue weighted by molar-refractivity contribution is 7.91. The van der Waals surface area contributed by atoms with Crippen molar-refractivity contribution in [2.24, 2.45) is 0 Å². The summed E-state index contributed by atoms with van der Waals surface area (Å²) in [6.07, 6.45) is 0.131. The fourth-order valence-electron chi connectivity index (χ4n) is 3.30. The van der Waals surface area contributed by atoms with Gasteiger partial charge in [0.05, 0.1) is 11.5 Å². The number of carbonyl (C=O) groups is 2. The van der Waals surface area contributed by atoms with Gasteiger partial charge in [-0.05, 0) is 30.7 Å². The summed E-state index contributed by atoms with van der Waals surface area (Å²) in [5, 5.41) is 2.63. The van der Waals surface area contributed by atoms with E-state index >= 15 is 0 Å². The normalized spacial score (nSPS) is 22.3. The summed E-state index contributed by atoms with van der Waals surface area (Å²) in [6, 6.07) is 5.82. The van der Waals surface area contributed by atoms with Crippen molar-refractivity contribution in [3.8, 4) is 0 Å². The minimum atomic E-state index is -3.06. The lowest BCUT2D eigenvalue weighted by Crippen LogP contribution is -2.50. The molecular formula is C17H22FN3O4S. The second-order valence-corrected chi connectivity index (χ2v) is 8.92. The average Bonchev–Trinajstić information content (AvgIpc) is 2.94. The van der Waals surface area contributed by atoms with Crippen LogP contribution in [-0.4, -0.2) is 68.9 Å². The summed E-state index contributed by atoms with van der Waals surface area (Å²) in [4.78, 5) is 27.9. The van der Waals surface area contributed by atoms with E-state index in [4.69, 9.17) is 0 Å². The molecule has 1 unspecified atom stereocenters. The zero-order chi connectivity index (χ0) is 18.7. The predicted octanol–water partition coefficient (Wildman–Crippen LogP) is 0.168. The number of amides is 2. The first-order valence-electron chi connectivity index (χ1n) is 8.60. The summed E-state index contributed by atoms with van der Waals surface area (Å²) in [5.41, 5.74) is 0.902. The molecule has 2 fully saturated rings. The number of rotatable bonds is 4. The first-order chi connectivity index (χ1) is 12.3. The molecule has 3 rings (SSSR count). The molecule has 2 saturated heterocycles. The molecule has 0 aliphatic carbocycles. The standard InChI is InChI=1S/C17H22FN3O4S/c18-13-1-3-15(4-2-13)20-6-8-21(9-7-20)17(23)11-16(22)19-14-5-10-26(24,25)12-14/h1-4,14H,5-12H2,(H,19,22). The summed E-state index contributed by atoms with van der Waals surface area (Å²) < 4.78 is 35.8. The highest BCUT2D eigenvalue weighted by Crippen LogP contribution is 2.17. The lowest BCUT2D eigenvalue weighted by molar-refractivity contribution is -0.136. The van der Waals surface area contributed by atoms with E-state index in [-0.39, 0.29) is 29.7 Å². The van der Waals surface area contributed by atoms with Gasteiger partial charge in [0.15, 0.2) is 9.84 Å². The Morgan fingerprint density at radius 2 is 1.77 bits per heavy atom. The number of hydrogen-bond donors (Lipinski definition) is 1. The van der Waals surface area contributed by atoms with Crippen LogP contribution in [0.1, 0.15) is 12.8 Å². The van der Waals surface area contributed by atoms with E-state index in [1.165, 1.54) is 12.1 Å². The number of halogens is 1. The maximum atomic E-state index is 13.0. The van der Waals surface area contributed by atoms with Gasteiger partial charge in [-0.2, -0.15) is 0 Å². The van der Waals surface area contributed by atoms with Crippen LogP contribution in [0.2, 0.25) is 0 Å². The van der Waals surface area contributed by atoms with Crippen LogP contribution in [0.3, 0.4) is 0 Å². The van der Waals surface area contributed by atoms with Gasteiger partial charge < -0.3 is 15.1 Å². The molecule has 7 nitrogen and oxygen atoms in total. The third kappa shape index (κ3) is 4.72. The Hall–Kier alpha value is -2.16. The van der Waals surface area contributed by atoms with E-state index in [0.717, 1.165) is 5.69 Å². The van der Waals surface area contributed by atoms with Gasteiger partial charge in [-0.15, -0.1) is 0 Å². The van der Waals surface area contributed by atoms with Crippen molar-refractivity contribution in [3.63, 3.8) is 0 Å². The smallest absolute Gasteiger partial charge is 0.232 e. The van der Waals surface area contributed by atoms with Gasteiger partial charge in [0, 0.05) is 37.9 Å². The Morgan fingerprint density at radius 1 is 1.12 bits per heavy atom. The SMILES string of the molecule is O=C(CC(=O)N1CCN(c2ccc(F)cc2)CC1)NC1CCS(=O)(=O)C1. The van der Waals surface area contributed by atoms with Crippen molar-refractivity contribution >= 4 is 27.3 Å². The molecule has 2 amide bonds. The molecule has 1 N–H and O–H groups in total. The van der Waals surface area contributed by atoms with Gasteiger partial charge in [-0.25, -0.2) is 12.8 Å². The zero-order valence-electron chi connectivity index (χ0n) is 14.4. The number of anilines is 1. The van der Waals surface area contributed by atoms with Crippen LogP contribution in [0, 0.1) is 5.82 Å². The molecule has 1 atom stereocenters. The van der Waals surface area contributed by atoms with E-state index in [9.17, 15) is 22.4 Å². The molecule has 0 aromatic heterocycles. The van der Waals surface area contributed by atoms with Crippen molar-refractivity contribution in [2.45, 2.75) is 18.9 Å². The van der Waals surface area contributed by atoms with Crippen LogP contribution in [0.25, 0.3) is 0 Å². The Bertz CT molecular complexity index is 774. The number of carbonyl (C=O) groups excluding carboxylic acids is 2. The van der Waals surface area contributed by atoms with Crippen molar-refractivity contribution in [1.29, 1.82) is 0 Å². The predicted molar refractivity (Wildman–Crippen MR) is 95.0 cm³/mol. The van der Waals surface area contributed by atoms with Gasteiger partial charge in [-0.3, -0.25) is 9.59 Å². The Morgan fingerprint density at radius 3 is 2.35 bits per heavy atom. The minimum absolute atomic E-state index is 0.0523. The van der Waals surface area contributed by atoms with Gasteiger partial charge >= 0.3 is 0 Å². The van der Waals surface area contributed by atoms with Crippen LogP contribution in [0.4, 0.5) is 10.1 Å². The largest absolute Gasteiger partial charge is 0.368 e. The lowest BCUT2D eigenvalue weighted by atomic mass is 10.2. The maximum Gasteiger partial charge on any atom is 0.232 e. The van der Waals surface area contributed by atoms with E-state index in [0.29, 0.717) is 32.6 Å². The third-order valence-corrected chi connectivity index (χ3v) is 6.50. The minimum Gasteiger partial charge on any atom is -0.368 e. The molecular weight excluding hydrogens is 361 g/mol. The highest BCUT2D eigenvalue weighted by Gasteiger charge is 2.30. The van der Waals surface area contributed by atoms with E-state index in [1.54, 1.807) is 17.0 Å². The number of sulfone groups is 1. The fraction of sp³-hybridized carbons (Fsp3) is 0.529. The van der Waals surface area contributed by atoms with Crippen LogP contribution in [0.5, 0.6) is 0 Å². The van der Waals surface area contributed by atoms with Gasteiger partial charge in [0.1, 0.15) is 12.2 Å². The molecule has 2 aliphatic rings. The number of nitrogens with zero attached hydrogens (tertiary/aromatic N) is 2. The van der Waals surface area contributed by atoms with Crippen LogP contribution in [0.15, 0.2) is 24.3 Å². The molecule has 0 radical (unpaired) electrons. The summed E-state index contributed by atoms with van der Waals surface area (Å²) in [7, 11) is -3.06. The maximum absolute atomic E-state index is 13.0. The fourth-order valence-corrected chi connectivity index (χ4v) is 4.98. The second-order valence-electron chi connectivity index (χ2n) is 6.69. The second kappa shape index (κ2) is 7.61. The molecule has 9 heteroatoms. The summed E-state index contributed by atoms with van der Waals surface area (Å²) >= 11 is 0. The quantitative estimate of drug-likeness (QED) is 0.749. The molecule has 1 aromatic carbocycles. The Kier molecular flexibility index (Phi) is 5.45. The molecule has 2 aliphatic heterocycles. The van der Waals surface area contributed by atoms with Crippen molar-refractivity contribution in [2.75, 3.05) is 42.6 Å². The molecule has 0 saturated carbocycles. The average molecular weight is 383 g/mol. The van der Waals surface area contributed by atoms with Gasteiger partial charge in [0.2, 0.25) is 11.8 Å². The number of hydrogen-bond acceptors (Lipinski definition) is 5. The van der Waals surface area contributed by atoms with Crippen molar-refractivity contribution in [3.05, 3.63) is 30.1 Å². The van der Waals surface area contributed by atoms with Crippen LogP contribution >= 0.6 is 0 Å². The molecule has 1 aromatic rings. The van der Waals surface area contributed by atoms with Crippen LogP contribution < -0.4 is 10.2 Å². The Labute approximate surface area is 152 Å². The molecule has 142 valence electrons. The van der Waals surface area contributed by atoms with E-state index in [1.807, 2.05) is 0 Å². The third-order valence-electron chi connectivity index (χ3n) is 4.73. The van der Waals surface area contributed by atoms with Gasteiger partial charge in [0.25, 0.3) is 0 Å². The Balaban J connectivity index is 1.44.